The van der Waals surface area contributed by atoms with E-state index in [1.807, 2.05) is 54.6 Å². The van der Waals surface area contributed by atoms with Gasteiger partial charge in [0, 0.05) is 35.1 Å². The van der Waals surface area contributed by atoms with E-state index in [0.717, 1.165) is 16.7 Å². The summed E-state index contributed by atoms with van der Waals surface area (Å²) in [6.45, 7) is 0.313. The number of hydrogen-bond donors (Lipinski definition) is 2. The van der Waals surface area contributed by atoms with E-state index in [-0.39, 0.29) is 24.4 Å². The molecule has 0 saturated carbocycles. The second-order valence-electron chi connectivity index (χ2n) is 5.61. The zero-order valence-electron chi connectivity index (χ0n) is 13.9. The van der Waals surface area contributed by atoms with E-state index < -0.39 is 0 Å². The molecule has 3 aromatic rings. The SMILES string of the molecule is Cl.NC[C@H](NC(=O)c1cncc(-c2ccccc2Cl)c1)c1ccccc1. The van der Waals surface area contributed by atoms with E-state index in [9.17, 15) is 4.79 Å². The van der Waals surface area contributed by atoms with Crippen LogP contribution in [0.1, 0.15) is 22.0 Å². The summed E-state index contributed by atoms with van der Waals surface area (Å²) in [4.78, 5) is 16.8. The van der Waals surface area contributed by atoms with Crippen LogP contribution in [0, 0.1) is 0 Å². The molecule has 6 heteroatoms. The van der Waals surface area contributed by atoms with Crippen LogP contribution in [0.25, 0.3) is 11.1 Å². The van der Waals surface area contributed by atoms with Crippen LogP contribution in [0.3, 0.4) is 0 Å². The van der Waals surface area contributed by atoms with Crippen molar-refractivity contribution in [3.63, 3.8) is 0 Å². The molecule has 134 valence electrons. The molecule has 0 fully saturated rings. The van der Waals surface area contributed by atoms with Crippen molar-refractivity contribution in [2.75, 3.05) is 6.54 Å². The standard InChI is InChI=1S/C20H18ClN3O.ClH/c21-18-9-5-4-8-17(18)15-10-16(13-23-12-15)20(25)24-19(11-22)14-6-2-1-3-7-14;/h1-10,12-13,19H,11,22H2,(H,24,25);1H/t19-;/m0./s1. The molecule has 1 amide bonds. The smallest absolute Gasteiger partial charge is 0.253 e. The van der Waals surface area contributed by atoms with Crippen molar-refractivity contribution in [2.24, 2.45) is 5.73 Å². The fraction of sp³-hybridized carbons (Fsp3) is 0.100. The van der Waals surface area contributed by atoms with E-state index in [2.05, 4.69) is 10.3 Å². The Hall–Kier alpha value is -2.40. The molecule has 3 rings (SSSR count). The van der Waals surface area contributed by atoms with Crippen molar-refractivity contribution in [1.29, 1.82) is 0 Å². The van der Waals surface area contributed by atoms with Gasteiger partial charge in [0.2, 0.25) is 0 Å². The van der Waals surface area contributed by atoms with Crippen molar-refractivity contribution in [2.45, 2.75) is 6.04 Å². The molecular formula is C20H19Cl2N3O. The van der Waals surface area contributed by atoms with Gasteiger partial charge in [0.25, 0.3) is 5.91 Å². The maximum Gasteiger partial charge on any atom is 0.253 e. The van der Waals surface area contributed by atoms with E-state index in [1.165, 1.54) is 6.20 Å². The molecule has 3 N–H and O–H groups in total. The van der Waals surface area contributed by atoms with E-state index in [0.29, 0.717) is 17.1 Å². The molecule has 26 heavy (non-hydrogen) atoms. The van der Waals surface area contributed by atoms with Crippen LogP contribution in [-0.4, -0.2) is 17.4 Å². The molecule has 1 atom stereocenters. The first-order valence-corrected chi connectivity index (χ1v) is 8.32. The number of aromatic nitrogens is 1. The largest absolute Gasteiger partial charge is 0.344 e. The van der Waals surface area contributed by atoms with Crippen LogP contribution in [0.5, 0.6) is 0 Å². The highest BCUT2D eigenvalue weighted by Gasteiger charge is 2.15. The third-order valence-corrected chi connectivity index (χ3v) is 4.26. The summed E-state index contributed by atoms with van der Waals surface area (Å²) in [6, 6.07) is 18.6. The number of carbonyl (C=O) groups excluding carboxylic acids is 1. The van der Waals surface area contributed by atoms with Gasteiger partial charge in [-0.3, -0.25) is 9.78 Å². The van der Waals surface area contributed by atoms with E-state index >= 15 is 0 Å². The first-order chi connectivity index (χ1) is 12.2. The molecule has 0 aliphatic carbocycles. The van der Waals surface area contributed by atoms with Crippen molar-refractivity contribution in [3.05, 3.63) is 89.2 Å². The minimum absolute atomic E-state index is 0. The van der Waals surface area contributed by atoms with Crippen LogP contribution in [-0.2, 0) is 0 Å². The maximum absolute atomic E-state index is 12.6. The Morgan fingerprint density at radius 1 is 1.08 bits per heavy atom. The Kier molecular flexibility index (Phi) is 7.16. The highest BCUT2D eigenvalue weighted by atomic mass is 35.5. The second-order valence-corrected chi connectivity index (χ2v) is 6.02. The third-order valence-electron chi connectivity index (χ3n) is 3.93. The van der Waals surface area contributed by atoms with Crippen LogP contribution in [0.15, 0.2) is 73.1 Å². The maximum atomic E-state index is 12.6. The Labute approximate surface area is 163 Å². The highest BCUT2D eigenvalue weighted by molar-refractivity contribution is 6.33. The molecule has 1 heterocycles. The Morgan fingerprint density at radius 2 is 1.77 bits per heavy atom. The molecule has 0 aliphatic rings. The van der Waals surface area contributed by atoms with Crippen LogP contribution >= 0.6 is 24.0 Å². The summed E-state index contributed by atoms with van der Waals surface area (Å²) < 4.78 is 0. The average Bonchev–Trinajstić information content (AvgIpc) is 2.67. The molecule has 1 aromatic heterocycles. The molecule has 0 bridgehead atoms. The van der Waals surface area contributed by atoms with Gasteiger partial charge >= 0.3 is 0 Å². The van der Waals surface area contributed by atoms with Gasteiger partial charge < -0.3 is 11.1 Å². The van der Waals surface area contributed by atoms with Crippen molar-refractivity contribution in [1.82, 2.24) is 10.3 Å². The molecule has 0 radical (unpaired) electrons. The number of hydrogen-bond acceptors (Lipinski definition) is 3. The van der Waals surface area contributed by atoms with Crippen LogP contribution in [0.4, 0.5) is 0 Å². The lowest BCUT2D eigenvalue weighted by molar-refractivity contribution is 0.0937. The molecule has 0 aliphatic heterocycles. The lowest BCUT2D eigenvalue weighted by Crippen LogP contribution is -2.33. The zero-order valence-corrected chi connectivity index (χ0v) is 15.5. The number of carbonyl (C=O) groups is 1. The zero-order chi connectivity index (χ0) is 17.6. The monoisotopic (exact) mass is 387 g/mol. The van der Waals surface area contributed by atoms with Crippen molar-refractivity contribution < 1.29 is 4.79 Å². The number of amides is 1. The Morgan fingerprint density at radius 3 is 2.46 bits per heavy atom. The lowest BCUT2D eigenvalue weighted by atomic mass is 10.0. The third kappa shape index (κ3) is 4.61. The fourth-order valence-electron chi connectivity index (χ4n) is 2.61. The number of benzene rings is 2. The van der Waals surface area contributed by atoms with Crippen LogP contribution < -0.4 is 11.1 Å². The van der Waals surface area contributed by atoms with Crippen molar-refractivity contribution >= 4 is 29.9 Å². The topological polar surface area (TPSA) is 68.0 Å². The second kappa shape index (κ2) is 9.34. The molecule has 0 unspecified atom stereocenters. The number of nitrogens with two attached hydrogens (primary N) is 1. The number of nitrogens with zero attached hydrogens (tertiary/aromatic N) is 1. The number of halogens is 2. The number of rotatable bonds is 5. The van der Waals surface area contributed by atoms with Gasteiger partial charge in [0.1, 0.15) is 0 Å². The summed E-state index contributed by atoms with van der Waals surface area (Å²) in [5, 5.41) is 3.57. The van der Waals surface area contributed by atoms with Crippen molar-refractivity contribution in [3.8, 4) is 11.1 Å². The lowest BCUT2D eigenvalue weighted by Gasteiger charge is -2.17. The summed E-state index contributed by atoms with van der Waals surface area (Å²) in [5.41, 5.74) is 8.89. The normalized spacial score (nSPS) is 11.3. The van der Waals surface area contributed by atoms with E-state index in [4.69, 9.17) is 17.3 Å². The number of nitrogens with one attached hydrogen (secondary N) is 1. The summed E-state index contributed by atoms with van der Waals surface area (Å²) in [7, 11) is 0. The highest BCUT2D eigenvalue weighted by Crippen LogP contribution is 2.27. The first-order valence-electron chi connectivity index (χ1n) is 7.95. The minimum atomic E-state index is -0.252. The van der Waals surface area contributed by atoms with Gasteiger partial charge in [-0.25, -0.2) is 0 Å². The van der Waals surface area contributed by atoms with Crippen LogP contribution in [0.2, 0.25) is 5.02 Å². The summed E-state index contributed by atoms with van der Waals surface area (Å²) in [6.07, 6.45) is 3.23. The van der Waals surface area contributed by atoms with Gasteiger partial charge in [-0.05, 0) is 17.7 Å². The van der Waals surface area contributed by atoms with E-state index in [1.54, 1.807) is 12.3 Å². The minimum Gasteiger partial charge on any atom is -0.344 e. The Balaban J connectivity index is 0.00000243. The van der Waals surface area contributed by atoms with Gasteiger partial charge in [0.15, 0.2) is 0 Å². The predicted molar refractivity (Wildman–Crippen MR) is 108 cm³/mol. The van der Waals surface area contributed by atoms with Gasteiger partial charge in [-0.2, -0.15) is 0 Å². The number of pyridine rings is 1. The molecule has 4 nitrogen and oxygen atoms in total. The molecule has 0 spiro atoms. The fourth-order valence-corrected chi connectivity index (χ4v) is 2.86. The average molecular weight is 388 g/mol. The summed E-state index contributed by atoms with van der Waals surface area (Å²) >= 11 is 6.23. The van der Waals surface area contributed by atoms with Gasteiger partial charge in [-0.1, -0.05) is 60.1 Å². The molecular weight excluding hydrogens is 369 g/mol. The van der Waals surface area contributed by atoms with Gasteiger partial charge in [0.05, 0.1) is 11.6 Å². The summed E-state index contributed by atoms with van der Waals surface area (Å²) in [5.74, 6) is -0.222. The quantitative estimate of drug-likeness (QED) is 0.687. The molecule has 0 saturated heterocycles. The predicted octanol–water partition coefficient (Wildman–Crippen LogP) is 4.25. The first kappa shape index (κ1) is 19.9. The Bertz CT molecular complexity index is 872. The molecule has 2 aromatic carbocycles. The van der Waals surface area contributed by atoms with Gasteiger partial charge in [-0.15, -0.1) is 12.4 Å².